The lowest BCUT2D eigenvalue weighted by Crippen LogP contribution is -2.51. The van der Waals surface area contributed by atoms with Gasteiger partial charge in [0.15, 0.2) is 0 Å². The van der Waals surface area contributed by atoms with Gasteiger partial charge < -0.3 is 0 Å². The van der Waals surface area contributed by atoms with Crippen molar-refractivity contribution in [3.63, 3.8) is 0 Å². The van der Waals surface area contributed by atoms with Crippen LogP contribution in [0.25, 0.3) is 0 Å². The second-order valence-electron chi connectivity index (χ2n) is 16.5. The highest BCUT2D eigenvalue weighted by molar-refractivity contribution is 5.79. The van der Waals surface area contributed by atoms with Crippen molar-refractivity contribution in [2.75, 3.05) is 26.2 Å². The Balaban J connectivity index is 1.06. The molecule has 2 saturated carbocycles. The number of hydrazine groups is 2. The molecule has 2 aliphatic heterocycles. The lowest BCUT2D eigenvalue weighted by molar-refractivity contribution is -0.152. The van der Waals surface area contributed by atoms with Crippen LogP contribution in [0, 0.1) is 35.5 Å². The Kier molecular flexibility index (Phi) is 13.5. The van der Waals surface area contributed by atoms with E-state index < -0.39 is 11.2 Å². The molecular weight excluding hydrogens is 600 g/mol. The summed E-state index contributed by atoms with van der Waals surface area (Å²) in [5, 5.41) is 3.95. The standard InChI is InChI=1S/C35H62N6O6/c1-34(2,3)46-38-32(44)28-15-19-40(20-16-28)36-30(42)26-11-7-24(8-12-26)23-25-9-13-27(14-10-25)31(43)37-41-21-17-29(18-22-41)33(45)39-47-35(4,5)6/h24-29H,7-23H2,1-6H3,(H,36,42)(H,37,43)(H,38,44)(H,39,45). The Bertz CT molecular complexity index is 960. The van der Waals surface area contributed by atoms with Crippen molar-refractivity contribution in [3.05, 3.63) is 0 Å². The van der Waals surface area contributed by atoms with E-state index in [1.807, 2.05) is 51.6 Å². The third-order valence-corrected chi connectivity index (χ3v) is 10.3. The zero-order valence-corrected chi connectivity index (χ0v) is 29.8. The molecule has 4 amide bonds. The van der Waals surface area contributed by atoms with E-state index >= 15 is 0 Å². The van der Waals surface area contributed by atoms with E-state index in [4.69, 9.17) is 9.68 Å². The zero-order chi connectivity index (χ0) is 34.2. The average Bonchev–Trinajstić information content (AvgIpc) is 3.03. The molecule has 47 heavy (non-hydrogen) atoms. The number of amides is 4. The van der Waals surface area contributed by atoms with E-state index in [0.29, 0.717) is 63.7 Å². The van der Waals surface area contributed by atoms with Crippen LogP contribution < -0.4 is 21.8 Å². The molecule has 0 atom stereocenters. The molecule has 268 valence electrons. The van der Waals surface area contributed by atoms with Gasteiger partial charge in [-0.25, -0.2) is 21.0 Å². The minimum atomic E-state index is -0.425. The van der Waals surface area contributed by atoms with Crippen molar-refractivity contribution < 1.29 is 28.9 Å². The number of hydrogen-bond donors (Lipinski definition) is 4. The van der Waals surface area contributed by atoms with Gasteiger partial charge in [-0.1, -0.05) is 0 Å². The number of hydroxylamine groups is 2. The van der Waals surface area contributed by atoms with Crippen LogP contribution >= 0.6 is 0 Å². The van der Waals surface area contributed by atoms with Gasteiger partial charge in [0, 0.05) is 49.9 Å². The van der Waals surface area contributed by atoms with E-state index in [9.17, 15) is 19.2 Å². The highest BCUT2D eigenvalue weighted by Crippen LogP contribution is 2.38. The second-order valence-corrected chi connectivity index (χ2v) is 16.5. The Labute approximate surface area is 282 Å². The number of nitrogens with zero attached hydrogens (tertiary/aromatic N) is 2. The summed E-state index contributed by atoms with van der Waals surface area (Å²) in [4.78, 5) is 61.7. The van der Waals surface area contributed by atoms with Gasteiger partial charge in [-0.05, 0) is 137 Å². The fourth-order valence-corrected chi connectivity index (χ4v) is 7.37. The topological polar surface area (TPSA) is 141 Å². The summed E-state index contributed by atoms with van der Waals surface area (Å²) >= 11 is 0. The first kappa shape index (κ1) is 37.5. The van der Waals surface area contributed by atoms with Gasteiger partial charge in [0.2, 0.25) is 23.6 Å². The molecule has 4 fully saturated rings. The molecule has 4 aliphatic rings. The molecule has 2 aliphatic carbocycles. The van der Waals surface area contributed by atoms with Gasteiger partial charge in [0.1, 0.15) is 0 Å². The minimum absolute atomic E-state index is 0.0585. The molecule has 0 spiro atoms. The van der Waals surface area contributed by atoms with Crippen LogP contribution in [0.1, 0.15) is 125 Å². The summed E-state index contributed by atoms with van der Waals surface area (Å²) in [6.45, 7) is 14.1. The van der Waals surface area contributed by atoms with Crippen molar-refractivity contribution in [2.45, 2.75) is 136 Å². The second kappa shape index (κ2) is 16.9. The molecule has 0 aromatic heterocycles. The molecule has 4 N–H and O–H groups in total. The number of carbonyl (C=O) groups is 4. The maximum absolute atomic E-state index is 13.0. The molecule has 0 aromatic carbocycles. The number of hydrogen-bond acceptors (Lipinski definition) is 8. The van der Waals surface area contributed by atoms with Gasteiger partial charge in [-0.3, -0.25) is 39.7 Å². The molecule has 0 bridgehead atoms. The van der Waals surface area contributed by atoms with E-state index in [1.165, 1.54) is 6.42 Å². The van der Waals surface area contributed by atoms with Gasteiger partial charge >= 0.3 is 0 Å². The van der Waals surface area contributed by atoms with Crippen LogP contribution in [-0.2, 0) is 28.9 Å². The summed E-state index contributed by atoms with van der Waals surface area (Å²) in [6.07, 6.45) is 12.1. The zero-order valence-electron chi connectivity index (χ0n) is 29.8. The maximum Gasteiger partial charge on any atom is 0.246 e. The summed E-state index contributed by atoms with van der Waals surface area (Å²) in [5.41, 5.74) is 10.6. The molecule has 2 saturated heterocycles. The first-order valence-electron chi connectivity index (χ1n) is 18.2. The largest absolute Gasteiger partial charge is 0.289 e. The van der Waals surface area contributed by atoms with E-state index in [-0.39, 0.29) is 47.3 Å². The molecule has 12 nitrogen and oxygen atoms in total. The Morgan fingerprint density at radius 3 is 1.09 bits per heavy atom. The summed E-state index contributed by atoms with van der Waals surface area (Å²) in [6, 6.07) is 0. The van der Waals surface area contributed by atoms with Crippen LogP contribution in [0.5, 0.6) is 0 Å². The van der Waals surface area contributed by atoms with E-state index in [2.05, 4.69) is 21.8 Å². The Hall–Kier alpha value is -2.28. The molecule has 0 aromatic rings. The van der Waals surface area contributed by atoms with E-state index in [1.54, 1.807) is 0 Å². The summed E-state index contributed by atoms with van der Waals surface area (Å²) in [5.74, 6) is 1.33. The number of nitrogens with one attached hydrogen (secondary N) is 4. The van der Waals surface area contributed by atoms with Crippen molar-refractivity contribution in [2.24, 2.45) is 35.5 Å². The molecule has 4 rings (SSSR count). The summed E-state index contributed by atoms with van der Waals surface area (Å²) < 4.78 is 0. The predicted molar refractivity (Wildman–Crippen MR) is 178 cm³/mol. The SMILES string of the molecule is CC(C)(C)ONC(=O)C1CCN(NC(=O)C2CCC(CC3CCC(C(=O)NN4CCC(C(=O)NOC(C)(C)C)CC4)CC3)CC2)CC1. The number of piperidine rings is 2. The van der Waals surface area contributed by atoms with Gasteiger partial charge in [0.25, 0.3) is 0 Å². The molecule has 0 radical (unpaired) electrons. The number of carbonyl (C=O) groups excluding carboxylic acids is 4. The first-order chi connectivity index (χ1) is 22.1. The highest BCUT2D eigenvalue weighted by atomic mass is 16.7. The van der Waals surface area contributed by atoms with Crippen LogP contribution in [0.15, 0.2) is 0 Å². The van der Waals surface area contributed by atoms with Crippen LogP contribution in [0.2, 0.25) is 0 Å². The van der Waals surface area contributed by atoms with Crippen molar-refractivity contribution >= 4 is 23.6 Å². The lowest BCUT2D eigenvalue weighted by atomic mass is 9.73. The summed E-state index contributed by atoms with van der Waals surface area (Å²) in [7, 11) is 0. The normalized spacial score (nSPS) is 27.5. The predicted octanol–water partition coefficient (Wildman–Crippen LogP) is 4.17. The highest BCUT2D eigenvalue weighted by Gasteiger charge is 2.34. The molecule has 2 heterocycles. The van der Waals surface area contributed by atoms with Crippen molar-refractivity contribution in [3.8, 4) is 0 Å². The monoisotopic (exact) mass is 662 g/mol. The minimum Gasteiger partial charge on any atom is -0.289 e. The Morgan fingerprint density at radius 2 is 0.787 bits per heavy atom. The fourth-order valence-electron chi connectivity index (χ4n) is 7.37. The van der Waals surface area contributed by atoms with Crippen LogP contribution in [0.3, 0.4) is 0 Å². The Morgan fingerprint density at radius 1 is 0.489 bits per heavy atom. The number of rotatable bonds is 10. The van der Waals surface area contributed by atoms with Gasteiger partial charge in [-0.15, -0.1) is 0 Å². The lowest BCUT2D eigenvalue weighted by Gasteiger charge is -2.36. The van der Waals surface area contributed by atoms with E-state index in [0.717, 1.165) is 51.4 Å². The third kappa shape index (κ3) is 12.6. The molecular formula is C35H62N6O6. The maximum atomic E-state index is 13.0. The first-order valence-corrected chi connectivity index (χ1v) is 18.2. The quantitative estimate of drug-likeness (QED) is 0.256. The van der Waals surface area contributed by atoms with Crippen LogP contribution in [0.4, 0.5) is 0 Å². The van der Waals surface area contributed by atoms with Crippen molar-refractivity contribution in [1.82, 2.24) is 31.8 Å². The average molecular weight is 663 g/mol. The van der Waals surface area contributed by atoms with Crippen molar-refractivity contribution in [1.29, 1.82) is 0 Å². The van der Waals surface area contributed by atoms with Crippen LogP contribution in [-0.4, -0.2) is 71.0 Å². The smallest absolute Gasteiger partial charge is 0.246 e. The third-order valence-electron chi connectivity index (χ3n) is 10.3. The molecule has 12 heteroatoms. The van der Waals surface area contributed by atoms with Gasteiger partial charge in [0.05, 0.1) is 11.2 Å². The fraction of sp³-hybridized carbons (Fsp3) is 0.886. The van der Waals surface area contributed by atoms with Gasteiger partial charge in [-0.2, -0.15) is 0 Å². The molecule has 0 unspecified atom stereocenters.